The summed E-state index contributed by atoms with van der Waals surface area (Å²) < 4.78 is 28.8. The van der Waals surface area contributed by atoms with E-state index in [1.54, 1.807) is 43.3 Å². The van der Waals surface area contributed by atoms with Crippen molar-refractivity contribution in [3.63, 3.8) is 0 Å². The Hall–Kier alpha value is -2.78. The molecule has 1 N–H and O–H groups in total. The van der Waals surface area contributed by atoms with E-state index < -0.39 is 28.5 Å². The molecule has 0 aromatic heterocycles. The summed E-state index contributed by atoms with van der Waals surface area (Å²) in [6, 6.07) is 16.6. The highest BCUT2D eigenvalue weighted by atomic mass is 35.5. The van der Waals surface area contributed by atoms with Crippen molar-refractivity contribution in [2.75, 3.05) is 10.8 Å². The van der Waals surface area contributed by atoms with Crippen molar-refractivity contribution in [2.24, 2.45) is 0 Å². The van der Waals surface area contributed by atoms with Crippen LogP contribution in [0.25, 0.3) is 0 Å². The van der Waals surface area contributed by atoms with Gasteiger partial charge in [-0.3, -0.25) is 13.9 Å². The van der Waals surface area contributed by atoms with Crippen LogP contribution < -0.4 is 9.62 Å². The molecule has 0 saturated carbocycles. The average molecular weight is 625 g/mol. The number of hydrogen-bond acceptors (Lipinski definition) is 4. The molecule has 0 aliphatic rings. The molecule has 0 fully saturated rings. The topological polar surface area (TPSA) is 86.8 Å². The summed E-state index contributed by atoms with van der Waals surface area (Å²) in [4.78, 5) is 28.6. The van der Waals surface area contributed by atoms with Gasteiger partial charge in [-0.25, -0.2) is 8.42 Å². The van der Waals surface area contributed by atoms with Gasteiger partial charge in [-0.15, -0.1) is 0 Å². The molecule has 0 aliphatic heterocycles. The van der Waals surface area contributed by atoms with Crippen LogP contribution in [0.15, 0.2) is 71.6 Å². The molecule has 7 nitrogen and oxygen atoms in total. The molecule has 40 heavy (non-hydrogen) atoms. The Kier molecular flexibility index (Phi) is 10.9. The third-order valence-corrected chi connectivity index (χ3v) is 8.73. The maximum Gasteiger partial charge on any atom is 0.264 e. The average Bonchev–Trinajstić information content (AvgIpc) is 2.87. The smallest absolute Gasteiger partial charge is 0.264 e. The van der Waals surface area contributed by atoms with Gasteiger partial charge in [0.05, 0.1) is 10.6 Å². The Morgan fingerprint density at radius 3 is 2.08 bits per heavy atom. The lowest BCUT2D eigenvalue weighted by atomic mass is 10.1. The van der Waals surface area contributed by atoms with E-state index in [1.165, 1.54) is 35.2 Å². The highest BCUT2D eigenvalue weighted by Crippen LogP contribution is 2.30. The lowest BCUT2D eigenvalue weighted by molar-refractivity contribution is -0.140. The number of nitrogens with one attached hydrogen (secondary N) is 1. The van der Waals surface area contributed by atoms with Crippen LogP contribution in [-0.4, -0.2) is 43.8 Å². The summed E-state index contributed by atoms with van der Waals surface area (Å²) in [5.74, 6) is -0.950. The molecule has 0 spiro atoms. The maximum atomic E-state index is 14.1. The summed E-state index contributed by atoms with van der Waals surface area (Å²) in [6.07, 6.45) is 0.294. The number of nitrogens with zero attached hydrogens (tertiary/aromatic N) is 2. The van der Waals surface area contributed by atoms with Gasteiger partial charge in [0, 0.05) is 27.7 Å². The van der Waals surface area contributed by atoms with E-state index in [4.69, 9.17) is 34.8 Å². The normalized spacial score (nSPS) is 12.2. The zero-order valence-corrected chi connectivity index (χ0v) is 25.8. The molecule has 1 unspecified atom stereocenters. The molecular formula is C29H32Cl3N3O4S. The van der Waals surface area contributed by atoms with Crippen molar-refractivity contribution in [3.8, 4) is 0 Å². The molecule has 2 amide bonds. The van der Waals surface area contributed by atoms with Crippen LogP contribution in [0.1, 0.15) is 38.3 Å². The van der Waals surface area contributed by atoms with Crippen molar-refractivity contribution in [3.05, 3.63) is 92.9 Å². The molecule has 0 saturated heterocycles. The first-order valence-electron chi connectivity index (χ1n) is 12.7. The second-order valence-electron chi connectivity index (χ2n) is 9.65. The van der Waals surface area contributed by atoms with Gasteiger partial charge in [-0.2, -0.15) is 0 Å². The largest absolute Gasteiger partial charge is 0.352 e. The van der Waals surface area contributed by atoms with Gasteiger partial charge in [0.1, 0.15) is 12.6 Å². The van der Waals surface area contributed by atoms with Crippen molar-refractivity contribution in [2.45, 2.75) is 57.6 Å². The summed E-state index contributed by atoms with van der Waals surface area (Å²) in [6.45, 7) is 6.66. The van der Waals surface area contributed by atoms with Gasteiger partial charge in [-0.05, 0) is 69.2 Å². The number of amides is 2. The van der Waals surface area contributed by atoms with E-state index in [1.807, 2.05) is 20.8 Å². The van der Waals surface area contributed by atoms with Crippen LogP contribution in [0, 0.1) is 6.92 Å². The third kappa shape index (κ3) is 7.91. The Balaban J connectivity index is 2.11. The minimum absolute atomic E-state index is 0.00273. The summed E-state index contributed by atoms with van der Waals surface area (Å²) in [5.41, 5.74) is 1.61. The fourth-order valence-electron chi connectivity index (χ4n) is 4.16. The molecule has 214 valence electrons. The number of carbonyl (C=O) groups is 2. The summed E-state index contributed by atoms with van der Waals surface area (Å²) >= 11 is 18.9. The number of carbonyl (C=O) groups excluding carboxylic acids is 2. The van der Waals surface area contributed by atoms with Crippen LogP contribution >= 0.6 is 34.8 Å². The highest BCUT2D eigenvalue weighted by molar-refractivity contribution is 7.92. The first kappa shape index (κ1) is 31.7. The molecule has 1 atom stereocenters. The van der Waals surface area contributed by atoms with E-state index in [0.29, 0.717) is 17.0 Å². The number of rotatable bonds is 11. The first-order chi connectivity index (χ1) is 18.8. The molecule has 0 radical (unpaired) electrons. The summed E-state index contributed by atoms with van der Waals surface area (Å²) in [7, 11) is -4.24. The zero-order chi connectivity index (χ0) is 29.6. The fourth-order valence-corrected chi connectivity index (χ4v) is 6.27. The molecule has 3 aromatic carbocycles. The van der Waals surface area contributed by atoms with Crippen molar-refractivity contribution in [1.29, 1.82) is 0 Å². The van der Waals surface area contributed by atoms with Gasteiger partial charge in [0.15, 0.2) is 0 Å². The summed E-state index contributed by atoms with van der Waals surface area (Å²) in [5, 5.41) is 3.69. The zero-order valence-electron chi connectivity index (χ0n) is 22.7. The third-order valence-electron chi connectivity index (χ3n) is 6.14. The quantitative estimate of drug-likeness (QED) is 0.265. The van der Waals surface area contributed by atoms with E-state index >= 15 is 0 Å². The number of halogens is 3. The standard InChI is InChI=1S/C29H32Cl3N3O4S/c1-5-27(29(37)33-19(2)3)34(17-21-8-6-7-9-26(21)32)28(36)18-35(24-15-22(30)14-23(31)16-24)40(38,39)25-12-10-20(4)11-13-25/h6-16,19,27H,5,17-18H2,1-4H3,(H,33,37). The Morgan fingerprint density at radius 1 is 0.925 bits per heavy atom. The molecule has 0 bridgehead atoms. The van der Waals surface area contributed by atoms with Crippen molar-refractivity contribution in [1.82, 2.24) is 10.2 Å². The Morgan fingerprint density at radius 2 is 1.52 bits per heavy atom. The number of hydrogen-bond donors (Lipinski definition) is 1. The van der Waals surface area contributed by atoms with Crippen LogP contribution in [-0.2, 0) is 26.2 Å². The lowest BCUT2D eigenvalue weighted by Crippen LogP contribution is -2.53. The molecule has 0 heterocycles. The first-order valence-corrected chi connectivity index (χ1v) is 15.3. The fraction of sp³-hybridized carbons (Fsp3) is 0.310. The Bertz CT molecular complexity index is 1440. The number of sulfonamides is 1. The number of benzene rings is 3. The van der Waals surface area contributed by atoms with E-state index in [0.717, 1.165) is 9.87 Å². The minimum Gasteiger partial charge on any atom is -0.352 e. The van der Waals surface area contributed by atoms with Gasteiger partial charge in [0.2, 0.25) is 11.8 Å². The molecule has 0 aliphatic carbocycles. The lowest BCUT2D eigenvalue weighted by Gasteiger charge is -2.33. The SMILES string of the molecule is CCC(C(=O)NC(C)C)N(Cc1ccccc1Cl)C(=O)CN(c1cc(Cl)cc(Cl)c1)S(=O)(=O)c1ccc(C)cc1. The second kappa shape index (κ2) is 13.7. The van der Waals surface area contributed by atoms with E-state index in [-0.39, 0.29) is 39.1 Å². The van der Waals surface area contributed by atoms with Gasteiger partial charge < -0.3 is 10.2 Å². The minimum atomic E-state index is -4.24. The van der Waals surface area contributed by atoms with Gasteiger partial charge in [0.25, 0.3) is 10.0 Å². The van der Waals surface area contributed by atoms with Crippen LogP contribution in [0.3, 0.4) is 0 Å². The van der Waals surface area contributed by atoms with E-state index in [2.05, 4.69) is 5.32 Å². The second-order valence-corrected chi connectivity index (χ2v) is 12.8. The predicted octanol–water partition coefficient (Wildman–Crippen LogP) is 6.48. The van der Waals surface area contributed by atoms with Crippen LogP contribution in [0.5, 0.6) is 0 Å². The van der Waals surface area contributed by atoms with Gasteiger partial charge in [-0.1, -0.05) is 77.6 Å². The monoisotopic (exact) mass is 623 g/mol. The van der Waals surface area contributed by atoms with Crippen molar-refractivity contribution < 1.29 is 18.0 Å². The van der Waals surface area contributed by atoms with Crippen LogP contribution in [0.2, 0.25) is 15.1 Å². The molecule has 3 rings (SSSR count). The molecule has 11 heteroatoms. The van der Waals surface area contributed by atoms with Crippen LogP contribution in [0.4, 0.5) is 5.69 Å². The number of aryl methyl sites for hydroxylation is 1. The van der Waals surface area contributed by atoms with E-state index in [9.17, 15) is 18.0 Å². The number of anilines is 1. The Labute approximate surface area is 251 Å². The highest BCUT2D eigenvalue weighted by Gasteiger charge is 2.34. The van der Waals surface area contributed by atoms with Crippen molar-refractivity contribution >= 4 is 62.3 Å². The molecular weight excluding hydrogens is 593 g/mol. The van der Waals surface area contributed by atoms with Gasteiger partial charge >= 0.3 is 0 Å². The maximum absolute atomic E-state index is 14.1. The molecule has 3 aromatic rings. The predicted molar refractivity (Wildman–Crippen MR) is 162 cm³/mol.